The molecule has 6 nitrogen and oxygen atoms in total. The maximum Gasteiger partial charge on any atom is 0.251 e. The summed E-state index contributed by atoms with van der Waals surface area (Å²) in [5, 5.41) is 24.2. The van der Waals surface area contributed by atoms with Crippen molar-refractivity contribution >= 4 is 34.7 Å². The number of amides is 1. The van der Waals surface area contributed by atoms with Gasteiger partial charge in [0.25, 0.3) is 5.91 Å². The van der Waals surface area contributed by atoms with Crippen molar-refractivity contribution in [1.82, 2.24) is 5.32 Å². The van der Waals surface area contributed by atoms with Crippen molar-refractivity contribution in [3.8, 4) is 0 Å². The van der Waals surface area contributed by atoms with Crippen molar-refractivity contribution in [3.05, 3.63) is 93.5 Å². The van der Waals surface area contributed by atoms with Gasteiger partial charge in [0.15, 0.2) is 5.78 Å². The minimum atomic E-state index is -1.22. The lowest BCUT2D eigenvalue weighted by Crippen LogP contribution is -2.51. The van der Waals surface area contributed by atoms with Crippen molar-refractivity contribution in [2.24, 2.45) is 0 Å². The average molecular weight is 489 g/mol. The largest absolute Gasteiger partial charge is 0.394 e. The van der Waals surface area contributed by atoms with Crippen LogP contribution in [0.2, 0.25) is 5.02 Å². The standard InChI is InChI=1S/C25H23ClF2N2O4/c1-14-3-4-15(24(34)30-25(2,12-31)13-32)9-19(14)23(33)18-7-6-17(11-20(18)26)29-22-8-5-16(27)10-21(22)28/h3-11,29,31-32H,12-13H2,1-2H3,(H,30,34). The molecule has 0 aromatic heterocycles. The van der Waals surface area contributed by atoms with Gasteiger partial charge in [0.1, 0.15) is 11.6 Å². The molecule has 0 radical (unpaired) electrons. The molecule has 0 bridgehead atoms. The summed E-state index contributed by atoms with van der Waals surface area (Å²) in [7, 11) is 0. The van der Waals surface area contributed by atoms with Crippen molar-refractivity contribution in [2.45, 2.75) is 19.4 Å². The van der Waals surface area contributed by atoms with Crippen LogP contribution in [0, 0.1) is 18.6 Å². The number of carbonyl (C=O) groups excluding carboxylic acids is 2. The van der Waals surface area contributed by atoms with E-state index in [4.69, 9.17) is 11.6 Å². The summed E-state index contributed by atoms with van der Waals surface area (Å²) in [6.07, 6.45) is 0. The summed E-state index contributed by atoms with van der Waals surface area (Å²) >= 11 is 6.34. The van der Waals surface area contributed by atoms with Crippen molar-refractivity contribution in [2.75, 3.05) is 18.5 Å². The molecule has 3 rings (SSSR count). The molecule has 9 heteroatoms. The van der Waals surface area contributed by atoms with E-state index < -0.39 is 42.1 Å². The lowest BCUT2D eigenvalue weighted by molar-refractivity contribution is 0.0724. The van der Waals surface area contributed by atoms with Gasteiger partial charge >= 0.3 is 0 Å². The molecular weight excluding hydrogens is 466 g/mol. The van der Waals surface area contributed by atoms with Crippen molar-refractivity contribution in [1.29, 1.82) is 0 Å². The third-order valence-electron chi connectivity index (χ3n) is 5.28. The highest BCUT2D eigenvalue weighted by atomic mass is 35.5. The van der Waals surface area contributed by atoms with Crippen LogP contribution in [0.3, 0.4) is 0 Å². The summed E-state index contributed by atoms with van der Waals surface area (Å²) in [5.74, 6) is -2.47. The van der Waals surface area contributed by atoms with E-state index in [1.807, 2.05) is 0 Å². The van der Waals surface area contributed by atoms with E-state index in [1.165, 1.54) is 43.3 Å². The number of rotatable bonds is 8. The van der Waals surface area contributed by atoms with E-state index >= 15 is 0 Å². The van der Waals surface area contributed by atoms with E-state index in [0.717, 1.165) is 12.1 Å². The molecule has 0 spiro atoms. The second-order valence-electron chi connectivity index (χ2n) is 8.13. The van der Waals surface area contributed by atoms with Crippen LogP contribution < -0.4 is 10.6 Å². The normalized spacial score (nSPS) is 11.3. The van der Waals surface area contributed by atoms with Crippen LogP contribution in [0.4, 0.5) is 20.2 Å². The SMILES string of the molecule is Cc1ccc(C(=O)NC(C)(CO)CO)cc1C(=O)c1ccc(Nc2ccc(F)cc2F)cc1Cl. The second-order valence-corrected chi connectivity index (χ2v) is 8.54. The maximum atomic E-state index is 13.9. The van der Waals surface area contributed by atoms with Gasteiger partial charge in [-0.05, 0) is 61.9 Å². The Morgan fingerprint density at radius 3 is 2.29 bits per heavy atom. The number of aliphatic hydroxyl groups excluding tert-OH is 2. The summed E-state index contributed by atoms with van der Waals surface area (Å²) < 4.78 is 27.0. The van der Waals surface area contributed by atoms with Crippen LogP contribution in [0.5, 0.6) is 0 Å². The average Bonchev–Trinajstić information content (AvgIpc) is 2.80. The molecule has 34 heavy (non-hydrogen) atoms. The van der Waals surface area contributed by atoms with E-state index in [2.05, 4.69) is 10.6 Å². The molecule has 4 N–H and O–H groups in total. The Balaban J connectivity index is 1.86. The zero-order valence-corrected chi connectivity index (χ0v) is 19.2. The smallest absolute Gasteiger partial charge is 0.251 e. The van der Waals surface area contributed by atoms with Crippen LogP contribution in [-0.2, 0) is 0 Å². The number of aryl methyl sites for hydroxylation is 1. The molecule has 0 fully saturated rings. The van der Waals surface area contributed by atoms with Crippen LogP contribution in [0.1, 0.15) is 38.8 Å². The zero-order valence-electron chi connectivity index (χ0n) is 18.5. The Bertz CT molecular complexity index is 1250. The van der Waals surface area contributed by atoms with Crippen molar-refractivity contribution in [3.63, 3.8) is 0 Å². The predicted octanol–water partition coefficient (Wildman–Crippen LogP) is 4.37. The van der Waals surface area contributed by atoms with Crippen molar-refractivity contribution < 1.29 is 28.6 Å². The molecule has 0 saturated heterocycles. The van der Waals surface area contributed by atoms with Crippen LogP contribution >= 0.6 is 11.6 Å². The Hall–Kier alpha value is -3.33. The van der Waals surface area contributed by atoms with Crippen LogP contribution in [0.15, 0.2) is 54.6 Å². The van der Waals surface area contributed by atoms with Gasteiger partial charge in [0, 0.05) is 28.4 Å². The third-order valence-corrected chi connectivity index (χ3v) is 5.59. The number of anilines is 2. The molecule has 1 amide bonds. The fourth-order valence-electron chi connectivity index (χ4n) is 3.15. The number of hydrogen-bond donors (Lipinski definition) is 4. The highest BCUT2D eigenvalue weighted by molar-refractivity contribution is 6.35. The summed E-state index contributed by atoms with van der Waals surface area (Å²) in [5.41, 5.74) is 0.414. The third kappa shape index (κ3) is 5.59. The first-order valence-corrected chi connectivity index (χ1v) is 10.7. The molecule has 0 aliphatic heterocycles. The molecular formula is C25H23ClF2N2O4. The predicted molar refractivity (Wildman–Crippen MR) is 126 cm³/mol. The Kier molecular flexibility index (Phi) is 7.66. The van der Waals surface area contributed by atoms with Gasteiger partial charge in [-0.25, -0.2) is 8.78 Å². The Morgan fingerprint density at radius 2 is 1.68 bits per heavy atom. The summed E-state index contributed by atoms with van der Waals surface area (Å²) in [4.78, 5) is 25.8. The first-order chi connectivity index (χ1) is 16.1. The molecule has 178 valence electrons. The van der Waals surface area contributed by atoms with E-state index in [9.17, 15) is 28.6 Å². The molecule has 0 unspecified atom stereocenters. The maximum absolute atomic E-state index is 13.9. The molecule has 0 aliphatic rings. The summed E-state index contributed by atoms with van der Waals surface area (Å²) in [6, 6.07) is 12.1. The summed E-state index contributed by atoms with van der Waals surface area (Å²) in [6.45, 7) is 2.26. The number of halogens is 3. The molecule has 3 aromatic carbocycles. The van der Waals surface area contributed by atoms with Crippen LogP contribution in [-0.4, -0.2) is 40.7 Å². The minimum Gasteiger partial charge on any atom is -0.394 e. The Labute approximate surface area is 200 Å². The van der Waals surface area contributed by atoms with Gasteiger partial charge in [-0.2, -0.15) is 0 Å². The molecule has 3 aromatic rings. The first kappa shape index (κ1) is 25.3. The number of nitrogens with one attached hydrogen (secondary N) is 2. The molecule has 0 saturated carbocycles. The van der Waals surface area contributed by atoms with Gasteiger partial charge in [-0.15, -0.1) is 0 Å². The van der Waals surface area contributed by atoms with E-state index in [1.54, 1.807) is 13.0 Å². The van der Waals surface area contributed by atoms with E-state index in [0.29, 0.717) is 11.3 Å². The molecule has 0 heterocycles. The minimum absolute atomic E-state index is 0.0452. The quantitative estimate of drug-likeness (QED) is 0.353. The van der Waals surface area contributed by atoms with Gasteiger partial charge in [-0.3, -0.25) is 9.59 Å². The number of benzene rings is 3. The number of ketones is 1. The number of hydrogen-bond acceptors (Lipinski definition) is 5. The topological polar surface area (TPSA) is 98.7 Å². The second kappa shape index (κ2) is 10.3. The highest BCUT2D eigenvalue weighted by Gasteiger charge is 2.26. The zero-order chi connectivity index (χ0) is 25.0. The lowest BCUT2D eigenvalue weighted by Gasteiger charge is -2.26. The fraction of sp³-hybridized carbons (Fsp3) is 0.200. The molecule has 0 atom stereocenters. The van der Waals surface area contributed by atoms with Gasteiger partial charge < -0.3 is 20.8 Å². The first-order valence-electron chi connectivity index (χ1n) is 10.3. The highest BCUT2D eigenvalue weighted by Crippen LogP contribution is 2.28. The number of carbonyl (C=O) groups is 2. The van der Waals surface area contributed by atoms with Gasteiger partial charge in [0.05, 0.1) is 29.5 Å². The Morgan fingerprint density at radius 1 is 0.971 bits per heavy atom. The van der Waals surface area contributed by atoms with E-state index in [-0.39, 0.29) is 27.4 Å². The number of aliphatic hydroxyl groups is 2. The van der Waals surface area contributed by atoms with Gasteiger partial charge in [0.2, 0.25) is 0 Å². The molecule has 0 aliphatic carbocycles. The monoisotopic (exact) mass is 488 g/mol. The van der Waals surface area contributed by atoms with Gasteiger partial charge in [-0.1, -0.05) is 17.7 Å². The lowest BCUT2D eigenvalue weighted by atomic mass is 9.96. The van der Waals surface area contributed by atoms with Crippen LogP contribution in [0.25, 0.3) is 0 Å². The fourth-order valence-corrected chi connectivity index (χ4v) is 3.42.